The summed E-state index contributed by atoms with van der Waals surface area (Å²) in [6.07, 6.45) is 1.86. The highest BCUT2D eigenvalue weighted by Gasteiger charge is 2.26. The lowest BCUT2D eigenvalue weighted by Gasteiger charge is -2.29. The Hall–Kier alpha value is -2.92. The lowest BCUT2D eigenvalue weighted by molar-refractivity contribution is 0.162. The van der Waals surface area contributed by atoms with Crippen molar-refractivity contribution in [3.63, 3.8) is 0 Å². The maximum Gasteiger partial charge on any atom is 0.218 e. The van der Waals surface area contributed by atoms with E-state index in [-0.39, 0.29) is 18.2 Å². The van der Waals surface area contributed by atoms with Gasteiger partial charge in [0.1, 0.15) is 0 Å². The van der Waals surface area contributed by atoms with Crippen LogP contribution in [0, 0.1) is 5.92 Å². The van der Waals surface area contributed by atoms with Gasteiger partial charge in [-0.2, -0.15) is 0 Å². The van der Waals surface area contributed by atoms with Crippen LogP contribution in [0.1, 0.15) is 39.2 Å². The molecule has 0 atom stereocenters. The highest BCUT2D eigenvalue weighted by molar-refractivity contribution is 7.88. The molecule has 1 aliphatic heterocycles. The molecule has 0 spiro atoms. The molecule has 4 aromatic rings. The second kappa shape index (κ2) is 17.1. The van der Waals surface area contributed by atoms with E-state index in [1.165, 1.54) is 0 Å². The molecule has 1 aliphatic rings. The summed E-state index contributed by atoms with van der Waals surface area (Å²) in [5, 5.41) is 1.01. The molecule has 8 nitrogen and oxygen atoms in total. The van der Waals surface area contributed by atoms with E-state index < -0.39 is 10.0 Å². The van der Waals surface area contributed by atoms with Gasteiger partial charge in [-0.3, -0.25) is 11.7 Å². The largest absolute Gasteiger partial charge is 0.382 e. The second-order valence-corrected chi connectivity index (χ2v) is 11.6. The third-order valence-electron chi connectivity index (χ3n) is 6.76. The molecule has 0 radical (unpaired) electrons. The maximum atomic E-state index is 12.9. The lowest BCUT2D eigenvalue weighted by Crippen LogP contribution is -2.38. The van der Waals surface area contributed by atoms with Crippen molar-refractivity contribution in [3.8, 4) is 22.6 Å². The molecule has 0 aliphatic carbocycles. The predicted octanol–water partition coefficient (Wildman–Crippen LogP) is 5.81. The molecule has 10 heteroatoms. The van der Waals surface area contributed by atoms with Crippen molar-refractivity contribution < 1.29 is 13.2 Å². The molecule has 5 rings (SSSR count). The summed E-state index contributed by atoms with van der Waals surface area (Å²) in [6, 6.07) is 25.7. The first-order chi connectivity index (χ1) is 19.4. The standard InChI is InChI=1S/C27H27N3O2S.C4H10O.ClH.H4N2/c1-20-15-17-30(18-16-20)33(31,32)19-21-11-13-23(14-12-21)27-28-25-10-6-5-9-24(25)26(29-27)22-7-3-2-4-8-22;1-3-5-4-2;;1-2/h2-14,20H,15-19H2,1H3;3-4H2,1-2H3;1H;1-2H2. The maximum absolute atomic E-state index is 12.9. The van der Waals surface area contributed by atoms with Gasteiger partial charge in [-0.15, -0.1) is 12.4 Å². The van der Waals surface area contributed by atoms with Gasteiger partial charge in [-0.1, -0.05) is 79.7 Å². The normalized spacial score (nSPS) is 13.8. The molecule has 2 heterocycles. The molecule has 4 N–H and O–H groups in total. The molecule has 0 unspecified atom stereocenters. The number of hydrazine groups is 1. The Balaban J connectivity index is 0.000000667. The molecular formula is C31H42ClN5O3S. The fourth-order valence-corrected chi connectivity index (χ4v) is 6.10. The van der Waals surface area contributed by atoms with Gasteiger partial charge in [0.15, 0.2) is 5.82 Å². The van der Waals surface area contributed by atoms with Crippen LogP contribution in [-0.4, -0.2) is 49.0 Å². The van der Waals surface area contributed by atoms with Crippen LogP contribution in [0.3, 0.4) is 0 Å². The minimum Gasteiger partial charge on any atom is -0.382 e. The summed E-state index contributed by atoms with van der Waals surface area (Å²) < 4.78 is 32.2. The predicted molar refractivity (Wildman–Crippen MR) is 171 cm³/mol. The average Bonchev–Trinajstić information content (AvgIpc) is 2.99. The lowest BCUT2D eigenvalue weighted by atomic mass is 10.0. The zero-order chi connectivity index (χ0) is 29.0. The van der Waals surface area contributed by atoms with Crippen LogP contribution in [0.15, 0.2) is 78.9 Å². The summed E-state index contributed by atoms with van der Waals surface area (Å²) >= 11 is 0. The van der Waals surface area contributed by atoms with E-state index in [1.807, 2.05) is 92.7 Å². The third kappa shape index (κ3) is 9.56. The fourth-order valence-electron chi connectivity index (χ4n) is 4.54. The Morgan fingerprint density at radius 3 is 2.00 bits per heavy atom. The van der Waals surface area contributed by atoms with Crippen molar-refractivity contribution >= 4 is 33.3 Å². The molecule has 1 aromatic heterocycles. The van der Waals surface area contributed by atoms with E-state index in [1.54, 1.807) is 4.31 Å². The first-order valence-corrected chi connectivity index (χ1v) is 15.3. The van der Waals surface area contributed by atoms with Gasteiger partial charge in [0.2, 0.25) is 10.0 Å². The number of fused-ring (bicyclic) bond motifs is 1. The second-order valence-electron chi connectivity index (χ2n) is 9.60. The molecule has 1 saturated heterocycles. The minimum atomic E-state index is -3.31. The highest BCUT2D eigenvalue weighted by atomic mass is 35.5. The minimum absolute atomic E-state index is 0. The number of piperidine rings is 1. The number of hydrogen-bond donors (Lipinski definition) is 2. The molecule has 41 heavy (non-hydrogen) atoms. The van der Waals surface area contributed by atoms with E-state index in [2.05, 4.69) is 18.6 Å². The molecule has 0 bridgehead atoms. The van der Waals surface area contributed by atoms with Crippen molar-refractivity contribution in [2.45, 2.75) is 39.4 Å². The van der Waals surface area contributed by atoms with Crippen LogP contribution in [-0.2, 0) is 20.5 Å². The van der Waals surface area contributed by atoms with Crippen LogP contribution in [0.2, 0.25) is 0 Å². The number of hydrogen-bond acceptors (Lipinski definition) is 7. The van der Waals surface area contributed by atoms with Gasteiger partial charge in [0.05, 0.1) is 17.0 Å². The summed E-state index contributed by atoms with van der Waals surface area (Å²) in [5.41, 5.74) is 4.46. The van der Waals surface area contributed by atoms with Gasteiger partial charge < -0.3 is 4.74 Å². The van der Waals surface area contributed by atoms with Crippen molar-refractivity contribution in [1.82, 2.24) is 14.3 Å². The number of sulfonamides is 1. The smallest absolute Gasteiger partial charge is 0.218 e. The number of ether oxygens (including phenoxy) is 1. The Kier molecular flexibility index (Phi) is 14.3. The molecule has 222 valence electrons. The highest BCUT2D eigenvalue weighted by Crippen LogP contribution is 2.29. The SMILES string of the molecule is CC1CCN(S(=O)(=O)Cc2ccc(-c3nc(-c4ccccc4)c4ccccc4n3)cc2)CC1.CCOCC.Cl.NN. The fraction of sp³-hybridized carbons (Fsp3) is 0.355. The van der Waals surface area contributed by atoms with E-state index in [4.69, 9.17) is 14.7 Å². The number of nitrogens with two attached hydrogens (primary N) is 2. The summed E-state index contributed by atoms with van der Waals surface area (Å²) in [6.45, 7) is 9.09. The molecular weight excluding hydrogens is 558 g/mol. The topological polar surface area (TPSA) is 124 Å². The first kappa shape index (κ1) is 34.3. The quantitative estimate of drug-likeness (QED) is 0.203. The van der Waals surface area contributed by atoms with E-state index in [0.717, 1.165) is 59.3 Å². The van der Waals surface area contributed by atoms with Crippen LogP contribution >= 0.6 is 12.4 Å². The van der Waals surface area contributed by atoms with Gasteiger partial charge in [-0.05, 0) is 44.2 Å². The summed E-state index contributed by atoms with van der Waals surface area (Å²) in [7, 11) is -3.31. The Morgan fingerprint density at radius 2 is 1.41 bits per heavy atom. The van der Waals surface area contributed by atoms with Crippen molar-refractivity contribution in [1.29, 1.82) is 0 Å². The van der Waals surface area contributed by atoms with E-state index in [0.29, 0.717) is 24.8 Å². The number of para-hydroxylation sites is 1. The zero-order valence-corrected chi connectivity index (χ0v) is 25.7. The summed E-state index contributed by atoms with van der Waals surface area (Å²) in [5.74, 6) is 9.25. The van der Waals surface area contributed by atoms with Crippen molar-refractivity contribution in [2.75, 3.05) is 26.3 Å². The van der Waals surface area contributed by atoms with Crippen molar-refractivity contribution in [2.24, 2.45) is 17.6 Å². The number of rotatable bonds is 7. The number of aromatic nitrogens is 2. The Labute approximate surface area is 250 Å². The molecule has 1 fully saturated rings. The first-order valence-electron chi connectivity index (χ1n) is 13.7. The van der Waals surface area contributed by atoms with E-state index in [9.17, 15) is 8.42 Å². The molecule has 0 saturated carbocycles. The molecule has 3 aromatic carbocycles. The van der Waals surface area contributed by atoms with Crippen LogP contribution < -0.4 is 11.7 Å². The van der Waals surface area contributed by atoms with Crippen LogP contribution in [0.4, 0.5) is 0 Å². The van der Waals surface area contributed by atoms with Crippen LogP contribution in [0.25, 0.3) is 33.5 Å². The monoisotopic (exact) mass is 599 g/mol. The zero-order valence-electron chi connectivity index (χ0n) is 24.1. The number of halogens is 1. The Morgan fingerprint density at radius 1 is 0.829 bits per heavy atom. The van der Waals surface area contributed by atoms with Gasteiger partial charge in [0.25, 0.3) is 0 Å². The van der Waals surface area contributed by atoms with Gasteiger partial charge in [-0.25, -0.2) is 22.7 Å². The Bertz CT molecular complexity index is 1430. The van der Waals surface area contributed by atoms with Crippen LogP contribution in [0.5, 0.6) is 0 Å². The number of benzene rings is 3. The summed E-state index contributed by atoms with van der Waals surface area (Å²) in [4.78, 5) is 9.67. The molecule has 0 amide bonds. The third-order valence-corrected chi connectivity index (χ3v) is 8.61. The van der Waals surface area contributed by atoms with E-state index >= 15 is 0 Å². The van der Waals surface area contributed by atoms with Gasteiger partial charge in [0, 0.05) is 42.8 Å². The number of nitrogens with zero attached hydrogens (tertiary/aromatic N) is 3. The van der Waals surface area contributed by atoms with Crippen molar-refractivity contribution in [3.05, 3.63) is 84.4 Å². The van der Waals surface area contributed by atoms with Gasteiger partial charge >= 0.3 is 0 Å². The average molecular weight is 600 g/mol.